The number of cyclic esters (lactones) is 1. The van der Waals surface area contributed by atoms with Gasteiger partial charge in [-0.2, -0.15) is 8.78 Å². The number of allylic oxidation sites excluding steroid dienone is 1. The van der Waals surface area contributed by atoms with Crippen molar-refractivity contribution in [2.75, 3.05) is 45.6 Å². The van der Waals surface area contributed by atoms with Crippen LogP contribution in [-0.4, -0.2) is 98.3 Å². The van der Waals surface area contributed by atoms with Gasteiger partial charge in [0.05, 0.1) is 43.7 Å². The summed E-state index contributed by atoms with van der Waals surface area (Å²) in [6.07, 6.45) is -0.586. The molecule has 32 heavy (non-hydrogen) atoms. The number of hydrogen-bond acceptors (Lipinski definition) is 7. The van der Waals surface area contributed by atoms with E-state index in [4.69, 9.17) is 9.57 Å². The van der Waals surface area contributed by atoms with Gasteiger partial charge in [0.1, 0.15) is 11.9 Å². The van der Waals surface area contributed by atoms with Crippen LogP contribution in [0.4, 0.5) is 18.0 Å². The number of alkyl halides is 2. The maximum Gasteiger partial charge on any atom is 0.411 e. The van der Waals surface area contributed by atoms with Crippen LogP contribution in [0.2, 0.25) is 0 Å². The molecule has 0 saturated carbocycles. The van der Waals surface area contributed by atoms with Crippen molar-refractivity contribution in [3.05, 3.63) is 23.7 Å². The number of ether oxygens (including phenoxy) is 1. The zero-order valence-corrected chi connectivity index (χ0v) is 18.4. The zero-order chi connectivity index (χ0) is 23.7. The molecule has 180 valence electrons. The lowest BCUT2D eigenvalue weighted by Crippen LogP contribution is -2.48. The Morgan fingerprint density at radius 2 is 2.06 bits per heavy atom. The maximum atomic E-state index is 15.1. The first-order valence-corrected chi connectivity index (χ1v) is 11.7. The first-order chi connectivity index (χ1) is 14.9. The fourth-order valence-corrected chi connectivity index (χ4v) is 4.42. The number of nitrogens with zero attached hydrogens (tertiary/aromatic N) is 3. The van der Waals surface area contributed by atoms with E-state index in [0.29, 0.717) is 0 Å². The van der Waals surface area contributed by atoms with Gasteiger partial charge < -0.3 is 15.0 Å². The van der Waals surface area contributed by atoms with Crippen molar-refractivity contribution in [1.29, 1.82) is 0 Å². The fourth-order valence-electron chi connectivity index (χ4n) is 3.75. The molecule has 2 atom stereocenters. The highest BCUT2D eigenvalue weighted by Gasteiger charge is 2.44. The predicted molar refractivity (Wildman–Crippen MR) is 105 cm³/mol. The highest BCUT2D eigenvalue weighted by atomic mass is 32.2. The van der Waals surface area contributed by atoms with Crippen LogP contribution in [0.15, 0.2) is 23.7 Å². The lowest BCUT2D eigenvalue weighted by molar-refractivity contribution is -0.132. The number of amides is 2. The molecule has 0 aromatic heterocycles. The molecule has 1 aliphatic carbocycles. The molecule has 10 nitrogen and oxygen atoms in total. The monoisotopic (exact) mass is 482 g/mol. The van der Waals surface area contributed by atoms with Crippen molar-refractivity contribution in [3.63, 3.8) is 0 Å². The third-order valence-corrected chi connectivity index (χ3v) is 6.47. The van der Waals surface area contributed by atoms with E-state index in [0.717, 1.165) is 10.7 Å². The lowest BCUT2D eigenvalue weighted by atomic mass is 9.89. The molecule has 2 fully saturated rings. The Bertz CT molecular complexity index is 928. The standard InChI is InChI=1S/C18H25F3N4O6S/c1-18(24-11-12(31-17(24)27)10-22-16(26)15(20)21)4-3-14(13(19)9-18)23-5-6-25(30-8-7-23)32(2,28)29/h3,9,12,15H,4-8,10-11H2,1-2H3,(H,22,26)/t12-,18?/m0/s1. The Balaban J connectivity index is 1.64. The number of carbonyl (C=O) groups is 2. The molecule has 1 unspecified atom stereocenters. The highest BCUT2D eigenvalue weighted by Crippen LogP contribution is 2.35. The molecule has 0 radical (unpaired) electrons. The number of halogens is 3. The average molecular weight is 482 g/mol. The molecule has 14 heteroatoms. The van der Waals surface area contributed by atoms with Crippen molar-refractivity contribution >= 4 is 22.0 Å². The van der Waals surface area contributed by atoms with Gasteiger partial charge >= 0.3 is 12.5 Å². The van der Waals surface area contributed by atoms with E-state index in [1.54, 1.807) is 17.9 Å². The van der Waals surface area contributed by atoms with E-state index in [9.17, 15) is 26.8 Å². The number of carbonyl (C=O) groups excluding carboxylic acids is 2. The smallest absolute Gasteiger partial charge is 0.411 e. The summed E-state index contributed by atoms with van der Waals surface area (Å²) in [7, 11) is -3.54. The van der Waals surface area contributed by atoms with Gasteiger partial charge in [-0.1, -0.05) is 10.5 Å². The van der Waals surface area contributed by atoms with Crippen molar-refractivity contribution in [3.8, 4) is 0 Å². The molecule has 2 heterocycles. The van der Waals surface area contributed by atoms with Gasteiger partial charge in [-0.3, -0.25) is 14.5 Å². The minimum absolute atomic E-state index is 0.00726. The Labute approximate surface area is 183 Å². The topological polar surface area (TPSA) is 108 Å². The Morgan fingerprint density at radius 3 is 2.69 bits per heavy atom. The summed E-state index contributed by atoms with van der Waals surface area (Å²) < 4.78 is 69.0. The third kappa shape index (κ3) is 5.35. The summed E-state index contributed by atoms with van der Waals surface area (Å²) in [6.45, 7) is 1.93. The second-order valence-electron chi connectivity index (χ2n) is 7.91. The van der Waals surface area contributed by atoms with Crippen LogP contribution in [0, 0.1) is 0 Å². The molecule has 2 amide bonds. The summed E-state index contributed by atoms with van der Waals surface area (Å²) in [6, 6.07) is 0. The summed E-state index contributed by atoms with van der Waals surface area (Å²) >= 11 is 0. The van der Waals surface area contributed by atoms with E-state index in [1.165, 1.54) is 11.0 Å². The van der Waals surface area contributed by atoms with Crippen molar-refractivity contribution in [2.45, 2.75) is 31.4 Å². The molecule has 1 N–H and O–H groups in total. The number of nitrogens with one attached hydrogen (secondary N) is 1. The van der Waals surface area contributed by atoms with Gasteiger partial charge in [0.25, 0.3) is 5.91 Å². The summed E-state index contributed by atoms with van der Waals surface area (Å²) in [5, 5.41) is 2.00. The number of hydroxylamine groups is 1. The van der Waals surface area contributed by atoms with Gasteiger partial charge in [0, 0.05) is 13.1 Å². The van der Waals surface area contributed by atoms with E-state index < -0.39 is 45.9 Å². The fraction of sp³-hybridized carbons (Fsp3) is 0.667. The summed E-state index contributed by atoms with van der Waals surface area (Å²) in [5.41, 5.74) is -0.789. The molecule has 2 saturated heterocycles. The van der Waals surface area contributed by atoms with Crippen LogP contribution < -0.4 is 5.32 Å². The van der Waals surface area contributed by atoms with Crippen LogP contribution >= 0.6 is 0 Å². The zero-order valence-electron chi connectivity index (χ0n) is 17.6. The van der Waals surface area contributed by atoms with Crippen LogP contribution in [0.25, 0.3) is 0 Å². The van der Waals surface area contributed by atoms with Crippen LogP contribution in [-0.2, 0) is 24.4 Å². The highest BCUT2D eigenvalue weighted by molar-refractivity contribution is 7.88. The van der Waals surface area contributed by atoms with Gasteiger partial charge in [0.15, 0.2) is 0 Å². The van der Waals surface area contributed by atoms with Crippen molar-refractivity contribution in [2.24, 2.45) is 0 Å². The largest absolute Gasteiger partial charge is 0.442 e. The van der Waals surface area contributed by atoms with Crippen molar-refractivity contribution in [1.82, 2.24) is 19.6 Å². The third-order valence-electron chi connectivity index (χ3n) is 5.44. The van der Waals surface area contributed by atoms with Gasteiger partial charge in [-0.05, 0) is 19.4 Å². The van der Waals surface area contributed by atoms with Crippen LogP contribution in [0.5, 0.6) is 0 Å². The SMILES string of the molecule is CC1(N2C[C@H](CNC(=O)C(F)F)OC2=O)C=C(F)C(N2CCON(S(C)(=O)=O)CC2)=CC1. The Kier molecular flexibility index (Phi) is 7.05. The molecule has 2 aliphatic heterocycles. The second-order valence-corrected chi connectivity index (χ2v) is 9.79. The number of hydrogen-bond donors (Lipinski definition) is 1. The average Bonchev–Trinajstić information content (AvgIpc) is 2.91. The van der Waals surface area contributed by atoms with Crippen molar-refractivity contribution < 1.29 is 40.8 Å². The number of sulfonamides is 1. The Morgan fingerprint density at radius 1 is 1.34 bits per heavy atom. The summed E-state index contributed by atoms with van der Waals surface area (Å²) in [4.78, 5) is 31.5. The summed E-state index contributed by atoms with van der Waals surface area (Å²) in [5.74, 6) is -2.05. The molecule has 0 aromatic carbocycles. The maximum absolute atomic E-state index is 15.1. The molecular formula is C18H25F3N4O6S. The normalized spacial score (nSPS) is 27.7. The quantitative estimate of drug-likeness (QED) is 0.591. The molecular weight excluding hydrogens is 457 g/mol. The van der Waals surface area contributed by atoms with Gasteiger partial charge in [0.2, 0.25) is 10.0 Å². The Hall–Kier alpha value is -2.32. The minimum Gasteiger partial charge on any atom is -0.442 e. The van der Waals surface area contributed by atoms with Gasteiger partial charge in [-0.25, -0.2) is 17.6 Å². The van der Waals surface area contributed by atoms with Gasteiger partial charge in [-0.15, -0.1) is 0 Å². The molecule has 0 aromatic rings. The van der Waals surface area contributed by atoms with Crippen LogP contribution in [0.3, 0.4) is 0 Å². The first kappa shape index (κ1) is 24.3. The van der Waals surface area contributed by atoms with E-state index in [1.807, 2.05) is 5.32 Å². The van der Waals surface area contributed by atoms with Crippen LogP contribution in [0.1, 0.15) is 13.3 Å². The van der Waals surface area contributed by atoms with E-state index in [-0.39, 0.29) is 51.4 Å². The first-order valence-electron chi connectivity index (χ1n) is 9.89. The lowest BCUT2D eigenvalue weighted by Gasteiger charge is -2.38. The minimum atomic E-state index is -3.54. The molecule has 0 spiro atoms. The van der Waals surface area contributed by atoms with E-state index in [2.05, 4.69) is 0 Å². The van der Waals surface area contributed by atoms with E-state index >= 15 is 4.39 Å². The number of rotatable bonds is 6. The predicted octanol–water partition coefficient (Wildman–Crippen LogP) is 0.597. The molecule has 3 rings (SSSR count). The second kappa shape index (κ2) is 9.27. The molecule has 0 bridgehead atoms. The molecule has 3 aliphatic rings.